The van der Waals surface area contributed by atoms with Gasteiger partial charge in [-0.3, -0.25) is 0 Å². The summed E-state index contributed by atoms with van der Waals surface area (Å²) >= 11 is 0. The molecule has 212 valence electrons. The van der Waals surface area contributed by atoms with Crippen molar-refractivity contribution >= 4 is 54.4 Å². The van der Waals surface area contributed by atoms with E-state index in [9.17, 15) is 0 Å². The van der Waals surface area contributed by atoms with Crippen molar-refractivity contribution in [3.05, 3.63) is 157 Å². The number of benzene rings is 7. The maximum atomic E-state index is 2.50. The summed E-state index contributed by atoms with van der Waals surface area (Å²) in [4.78, 5) is 0. The highest BCUT2D eigenvalue weighted by Crippen LogP contribution is 2.56. The van der Waals surface area contributed by atoms with Gasteiger partial charge in [0.1, 0.15) is 0 Å². The molecule has 0 spiro atoms. The van der Waals surface area contributed by atoms with Gasteiger partial charge in [-0.1, -0.05) is 117 Å². The van der Waals surface area contributed by atoms with Crippen LogP contribution in [0.25, 0.3) is 76.9 Å². The van der Waals surface area contributed by atoms with Crippen LogP contribution < -0.4 is 0 Å². The zero-order valence-electron chi connectivity index (χ0n) is 25.3. The van der Waals surface area contributed by atoms with Gasteiger partial charge >= 0.3 is 0 Å². The van der Waals surface area contributed by atoms with Crippen LogP contribution in [0.4, 0.5) is 0 Å². The van der Waals surface area contributed by atoms with Crippen molar-refractivity contribution in [2.24, 2.45) is 0 Å². The summed E-state index contributed by atoms with van der Waals surface area (Å²) in [6, 6.07) is 53.6. The Kier molecular flexibility index (Phi) is 4.82. The van der Waals surface area contributed by atoms with Gasteiger partial charge in [-0.25, -0.2) is 0 Å². The molecular formula is C43H30N2. The van der Waals surface area contributed by atoms with Crippen molar-refractivity contribution in [1.29, 1.82) is 0 Å². The molecule has 0 fully saturated rings. The molecule has 0 radical (unpaired) electrons. The second-order valence-electron chi connectivity index (χ2n) is 12.9. The Bertz CT molecular complexity index is 2610. The molecule has 7 aromatic carbocycles. The van der Waals surface area contributed by atoms with Crippen LogP contribution in [0.1, 0.15) is 25.0 Å². The van der Waals surface area contributed by atoms with Crippen LogP contribution in [0.3, 0.4) is 0 Å². The summed E-state index contributed by atoms with van der Waals surface area (Å²) in [6.45, 7) is 4.80. The first-order chi connectivity index (χ1) is 22.1. The third-order valence-corrected chi connectivity index (χ3v) is 10.3. The average molecular weight is 575 g/mol. The lowest BCUT2D eigenvalue weighted by Gasteiger charge is -2.23. The molecule has 0 aliphatic heterocycles. The minimum atomic E-state index is -0.121. The SMILES string of the molecule is CC1(C)c2ccccc2-c2c1c1c3ccccc3n(-c3ccc(-n4c5ccccc5c5ccccc54)cc3)c1c1ccccc21. The number of nitrogens with zero attached hydrogens (tertiary/aromatic N) is 2. The zero-order chi connectivity index (χ0) is 29.9. The van der Waals surface area contributed by atoms with Crippen molar-refractivity contribution in [1.82, 2.24) is 9.13 Å². The summed E-state index contributed by atoms with van der Waals surface area (Å²) in [5.74, 6) is 0. The van der Waals surface area contributed by atoms with Crippen LogP contribution in [0, 0.1) is 0 Å². The Labute approximate surface area is 261 Å². The predicted octanol–water partition coefficient (Wildman–Crippen LogP) is 11.3. The second-order valence-corrected chi connectivity index (χ2v) is 12.9. The third kappa shape index (κ3) is 3.13. The lowest BCUT2D eigenvalue weighted by atomic mass is 9.79. The number of hydrogen-bond donors (Lipinski definition) is 0. The van der Waals surface area contributed by atoms with Gasteiger partial charge in [0.25, 0.3) is 0 Å². The van der Waals surface area contributed by atoms with Crippen molar-refractivity contribution in [3.63, 3.8) is 0 Å². The summed E-state index contributed by atoms with van der Waals surface area (Å²) in [5, 5.41) is 7.85. The molecule has 0 saturated carbocycles. The van der Waals surface area contributed by atoms with Gasteiger partial charge in [0.15, 0.2) is 0 Å². The van der Waals surface area contributed by atoms with Crippen molar-refractivity contribution in [2.75, 3.05) is 0 Å². The number of fused-ring (bicyclic) bond motifs is 13. The normalized spacial score (nSPS) is 13.7. The topological polar surface area (TPSA) is 9.86 Å². The van der Waals surface area contributed by atoms with Gasteiger partial charge in [0, 0.05) is 43.7 Å². The molecular weight excluding hydrogens is 544 g/mol. The highest BCUT2D eigenvalue weighted by Gasteiger charge is 2.39. The van der Waals surface area contributed by atoms with E-state index >= 15 is 0 Å². The van der Waals surface area contributed by atoms with E-state index in [0.29, 0.717) is 0 Å². The molecule has 0 N–H and O–H groups in total. The maximum Gasteiger partial charge on any atom is 0.0623 e. The number of hydrogen-bond acceptors (Lipinski definition) is 0. The van der Waals surface area contributed by atoms with Gasteiger partial charge in [-0.2, -0.15) is 0 Å². The summed E-state index contributed by atoms with van der Waals surface area (Å²) in [5.41, 5.74) is 12.8. The smallest absolute Gasteiger partial charge is 0.0623 e. The Morgan fingerprint density at radius 2 is 0.889 bits per heavy atom. The number of rotatable bonds is 2. The van der Waals surface area contributed by atoms with E-state index in [4.69, 9.17) is 0 Å². The number of aromatic nitrogens is 2. The summed E-state index contributed by atoms with van der Waals surface area (Å²) in [7, 11) is 0. The molecule has 45 heavy (non-hydrogen) atoms. The first-order valence-corrected chi connectivity index (χ1v) is 15.8. The van der Waals surface area contributed by atoms with Crippen LogP contribution in [-0.4, -0.2) is 9.13 Å². The maximum absolute atomic E-state index is 2.50. The fraction of sp³-hybridized carbons (Fsp3) is 0.0698. The molecule has 0 amide bonds. The van der Waals surface area contributed by atoms with Crippen molar-refractivity contribution < 1.29 is 0 Å². The van der Waals surface area contributed by atoms with Crippen LogP contribution >= 0.6 is 0 Å². The Hall–Kier alpha value is -5.60. The zero-order valence-corrected chi connectivity index (χ0v) is 25.3. The van der Waals surface area contributed by atoms with E-state index in [0.717, 1.165) is 0 Å². The van der Waals surface area contributed by atoms with Gasteiger partial charge in [0.2, 0.25) is 0 Å². The fourth-order valence-corrected chi connectivity index (χ4v) is 8.42. The van der Waals surface area contributed by atoms with E-state index in [1.54, 1.807) is 0 Å². The van der Waals surface area contributed by atoms with Crippen LogP contribution in [0.15, 0.2) is 146 Å². The molecule has 2 heteroatoms. The molecule has 0 bridgehead atoms. The fourth-order valence-electron chi connectivity index (χ4n) is 8.42. The van der Waals surface area contributed by atoms with Gasteiger partial charge in [-0.05, 0) is 70.1 Å². The molecule has 2 aromatic heterocycles. The molecule has 1 aliphatic carbocycles. The lowest BCUT2D eigenvalue weighted by molar-refractivity contribution is 0.667. The van der Waals surface area contributed by atoms with E-state index in [1.807, 2.05) is 0 Å². The molecule has 10 rings (SSSR count). The minimum Gasteiger partial charge on any atom is -0.309 e. The van der Waals surface area contributed by atoms with Crippen LogP contribution in [0.2, 0.25) is 0 Å². The van der Waals surface area contributed by atoms with E-state index in [1.165, 1.54) is 88.0 Å². The highest BCUT2D eigenvalue weighted by atomic mass is 15.0. The molecule has 2 heterocycles. The first kappa shape index (κ1) is 24.8. The Balaban J connectivity index is 1.29. The minimum absolute atomic E-state index is 0.121. The van der Waals surface area contributed by atoms with Crippen molar-refractivity contribution in [3.8, 4) is 22.5 Å². The average Bonchev–Trinajstić information content (AvgIpc) is 3.69. The molecule has 0 saturated heterocycles. The van der Waals surface area contributed by atoms with E-state index in [2.05, 4.69) is 169 Å². The van der Waals surface area contributed by atoms with E-state index in [-0.39, 0.29) is 5.41 Å². The monoisotopic (exact) mass is 574 g/mol. The summed E-state index contributed by atoms with van der Waals surface area (Å²) < 4.78 is 4.89. The molecule has 2 nitrogen and oxygen atoms in total. The second kappa shape index (κ2) is 8.74. The Morgan fingerprint density at radius 3 is 1.53 bits per heavy atom. The lowest BCUT2D eigenvalue weighted by Crippen LogP contribution is -2.15. The summed E-state index contributed by atoms with van der Waals surface area (Å²) in [6.07, 6.45) is 0. The van der Waals surface area contributed by atoms with Gasteiger partial charge in [0.05, 0.1) is 22.1 Å². The quantitative estimate of drug-likeness (QED) is 0.194. The first-order valence-electron chi connectivity index (χ1n) is 15.8. The molecule has 1 aliphatic rings. The highest BCUT2D eigenvalue weighted by molar-refractivity contribution is 6.25. The third-order valence-electron chi connectivity index (χ3n) is 10.3. The molecule has 0 unspecified atom stereocenters. The van der Waals surface area contributed by atoms with Gasteiger partial charge < -0.3 is 9.13 Å². The standard InChI is InChI=1S/C43H30N2/c1-43(2)35-19-9-5-17-33(35)39-31-15-3-4-16-32(31)42-40(41(39)43)34-18-8-12-22-38(34)45(42)28-25-23-27(24-26-28)44-36-20-10-6-13-29(36)30-14-7-11-21-37(30)44/h3-26H,1-2H3. The van der Waals surface area contributed by atoms with Crippen LogP contribution in [-0.2, 0) is 5.41 Å². The predicted molar refractivity (Wildman–Crippen MR) is 190 cm³/mol. The molecule has 0 atom stereocenters. The number of para-hydroxylation sites is 3. The van der Waals surface area contributed by atoms with E-state index < -0.39 is 0 Å². The van der Waals surface area contributed by atoms with Crippen molar-refractivity contribution in [2.45, 2.75) is 19.3 Å². The Morgan fingerprint density at radius 1 is 0.422 bits per heavy atom. The molecule has 9 aromatic rings. The largest absolute Gasteiger partial charge is 0.309 e. The van der Waals surface area contributed by atoms with Crippen LogP contribution in [0.5, 0.6) is 0 Å². The van der Waals surface area contributed by atoms with Gasteiger partial charge in [-0.15, -0.1) is 0 Å².